The highest BCUT2D eigenvalue weighted by Gasteiger charge is 2.47. The average Bonchev–Trinajstić information content (AvgIpc) is 1.61. The van der Waals surface area contributed by atoms with E-state index in [4.69, 9.17) is 62.0 Å². The van der Waals surface area contributed by atoms with E-state index in [0.717, 1.165) is 159 Å². The Morgan fingerprint density at radius 2 is 0.932 bits per heavy atom. The number of alkyl halides is 2. The Morgan fingerprint density at radius 3 is 1.45 bits per heavy atom. The van der Waals surface area contributed by atoms with Crippen molar-refractivity contribution in [3.05, 3.63) is 202 Å². The van der Waals surface area contributed by atoms with Gasteiger partial charge in [0.1, 0.15) is 71.0 Å². The smallest absolute Gasteiger partial charge is 0.328 e. The SMILES string of the molecule is C=C1Nc2c(N3CC(O)C3)nc(-n3cnc4ccc(Cl)cc43)nc2N1C1CCOCC1.CC1CCC(n2c(=O)[nH]c3c(N4CC(F)(F)C4)nc(-n4cnc5ccc(F)cc54)nc32)CC1.O=c1[nH]c2c(N3CC(O)C3)nc(-n3cnc4ccc(F)cc43)nc2n1[C@@H]1CCOc2c(F)cccc21.[C-]#[N+]c1ccc2ncn(-c3nc(N4CCOCC4)c4c(n3)N(C3CCOCC3)C(=C)N4)c2c1. The topological polar surface area (TPSA) is 375 Å². The molecule has 133 heavy (non-hydrogen) atoms. The number of nitrogens with one attached hydrogen (secondary N) is 4. The van der Waals surface area contributed by atoms with Crippen LogP contribution in [0.3, 0.4) is 0 Å². The molecule has 10 aromatic heterocycles. The number of aliphatic hydroxyl groups is 2. The highest BCUT2D eigenvalue weighted by Crippen LogP contribution is 2.48. The Balaban J connectivity index is 0.000000104. The average molecular weight is 1830 g/mol. The predicted molar refractivity (Wildman–Crippen MR) is 486 cm³/mol. The summed E-state index contributed by atoms with van der Waals surface area (Å²) >= 11 is 6.24. The van der Waals surface area contributed by atoms with E-state index >= 15 is 0 Å². The number of aliphatic hydroxyl groups excluding tert-OH is 2. The summed E-state index contributed by atoms with van der Waals surface area (Å²) in [5.41, 5.74) is 8.73. The van der Waals surface area contributed by atoms with E-state index in [9.17, 15) is 41.8 Å². The fraction of sp³-hybridized carbons (Fsp3) is 0.367. The van der Waals surface area contributed by atoms with E-state index in [0.29, 0.717) is 130 Å². The molecule has 10 aliphatic rings. The van der Waals surface area contributed by atoms with Gasteiger partial charge in [-0.05, 0) is 118 Å². The van der Waals surface area contributed by atoms with Gasteiger partial charge in [0, 0.05) is 113 Å². The molecule has 37 nitrogen and oxygen atoms in total. The van der Waals surface area contributed by atoms with E-state index in [1.165, 1.54) is 57.0 Å². The summed E-state index contributed by atoms with van der Waals surface area (Å²) < 4.78 is 102. The molecule has 15 aromatic rings. The van der Waals surface area contributed by atoms with Crippen LogP contribution in [0.15, 0.2) is 151 Å². The van der Waals surface area contributed by atoms with Gasteiger partial charge < -0.3 is 79.2 Å². The number of nitrogens with zero attached hydrogens (tertiary/aromatic N) is 25. The molecule has 682 valence electrons. The minimum absolute atomic E-state index is 0.0344. The van der Waals surface area contributed by atoms with E-state index in [-0.39, 0.29) is 60.0 Å². The number of para-hydroxylation sites is 1. The molecule has 0 unspecified atom stereocenters. The van der Waals surface area contributed by atoms with Crippen LogP contribution in [0.25, 0.3) is 95.1 Å². The molecule has 0 spiro atoms. The molecule has 43 heteroatoms. The summed E-state index contributed by atoms with van der Waals surface area (Å²) in [5.74, 6) is 3.35. The first-order valence-corrected chi connectivity index (χ1v) is 44.5. The van der Waals surface area contributed by atoms with Gasteiger partial charge in [-0.15, -0.1) is 0 Å². The highest BCUT2D eigenvalue weighted by molar-refractivity contribution is 6.31. The van der Waals surface area contributed by atoms with Crippen molar-refractivity contribution in [2.24, 2.45) is 5.92 Å². The lowest BCUT2D eigenvalue weighted by molar-refractivity contribution is -0.0265. The molecule has 1 atom stereocenters. The van der Waals surface area contributed by atoms with Crippen molar-refractivity contribution in [3.8, 4) is 29.5 Å². The lowest BCUT2D eigenvalue weighted by Gasteiger charge is -2.39. The first-order chi connectivity index (χ1) is 64.6. The Morgan fingerprint density at radius 1 is 0.489 bits per heavy atom. The Kier molecular flexibility index (Phi) is 21.5. The number of H-pyrrole nitrogens is 2. The maximum absolute atomic E-state index is 14.5. The van der Waals surface area contributed by atoms with E-state index in [2.05, 4.69) is 100 Å². The summed E-state index contributed by atoms with van der Waals surface area (Å²) in [6.45, 7) is 24.8. The van der Waals surface area contributed by atoms with Crippen LogP contribution in [-0.4, -0.2) is 236 Å². The molecule has 6 saturated heterocycles. The van der Waals surface area contributed by atoms with Crippen LogP contribution >= 0.6 is 11.6 Å². The van der Waals surface area contributed by atoms with Gasteiger partial charge in [0.25, 0.3) is 5.92 Å². The van der Waals surface area contributed by atoms with Gasteiger partial charge in [-0.25, -0.2) is 56.3 Å². The number of fused-ring (bicyclic) bond motifs is 9. The lowest BCUT2D eigenvalue weighted by atomic mass is 9.87. The van der Waals surface area contributed by atoms with Gasteiger partial charge in [0.05, 0.1) is 102 Å². The summed E-state index contributed by atoms with van der Waals surface area (Å²) in [7, 11) is 0. The number of benzene rings is 5. The third-order valence-electron chi connectivity index (χ3n) is 26.0. The van der Waals surface area contributed by atoms with Gasteiger partial charge in [-0.3, -0.25) is 27.4 Å². The van der Waals surface area contributed by atoms with Crippen LogP contribution in [-0.2, 0) is 14.2 Å². The molecular weight excluding hydrogens is 1750 g/mol. The number of anilines is 8. The first kappa shape index (κ1) is 84.3. The number of hydrogen-bond donors (Lipinski definition) is 6. The maximum Gasteiger partial charge on any atom is 0.328 e. The predicted octanol–water partition coefficient (Wildman–Crippen LogP) is 11.7. The number of halogens is 6. The second-order valence-corrected chi connectivity index (χ2v) is 35.1. The Hall–Kier alpha value is -14.3. The number of imidazole rings is 6. The van der Waals surface area contributed by atoms with Gasteiger partial charge in [0.2, 0.25) is 23.8 Å². The summed E-state index contributed by atoms with van der Waals surface area (Å²) in [6.07, 6.45) is 13.3. The molecular formula is C90H87ClF5N29O8. The number of aromatic amines is 2. The van der Waals surface area contributed by atoms with E-state index in [1.807, 2.05) is 44.4 Å². The fourth-order valence-electron chi connectivity index (χ4n) is 19.2. The zero-order valence-electron chi connectivity index (χ0n) is 71.7. The number of rotatable bonds is 12. The molecule has 1 aliphatic carbocycles. The molecule has 9 aliphatic heterocycles. The monoisotopic (exact) mass is 1830 g/mol. The van der Waals surface area contributed by atoms with Crippen molar-refractivity contribution < 1.29 is 51.1 Å². The lowest BCUT2D eigenvalue weighted by Crippen LogP contribution is -2.56. The van der Waals surface area contributed by atoms with Crippen LogP contribution in [0.4, 0.5) is 73.9 Å². The molecule has 6 N–H and O–H groups in total. The molecule has 1 saturated carbocycles. The van der Waals surface area contributed by atoms with Crippen molar-refractivity contribution in [1.82, 2.24) is 97.2 Å². The van der Waals surface area contributed by atoms with Crippen LogP contribution < -0.4 is 56.1 Å². The van der Waals surface area contributed by atoms with Crippen LogP contribution in [0, 0.1) is 29.9 Å². The minimum Gasteiger partial charge on any atom is -0.490 e. The quantitative estimate of drug-likeness (QED) is 0.0489. The second kappa shape index (κ2) is 33.8. The van der Waals surface area contributed by atoms with Gasteiger partial charge in [0.15, 0.2) is 63.5 Å². The summed E-state index contributed by atoms with van der Waals surface area (Å²) in [5, 5.41) is 27.3. The number of β-amino-alcohol motifs (C(OH)–C–C–N with tert-alkyl or cyclic N) is 2. The zero-order chi connectivity index (χ0) is 90.9. The number of hydrogen-bond acceptors (Lipinski definition) is 28. The zero-order valence-corrected chi connectivity index (χ0v) is 72.4. The Bertz CT molecular complexity index is 7300. The molecule has 0 amide bonds. The van der Waals surface area contributed by atoms with Crippen molar-refractivity contribution in [2.45, 2.75) is 107 Å². The molecule has 0 bridgehead atoms. The molecule has 7 fully saturated rings. The first-order valence-electron chi connectivity index (χ1n) is 44.1. The maximum atomic E-state index is 14.5. The molecule has 19 heterocycles. The van der Waals surface area contributed by atoms with Crippen LogP contribution in [0.1, 0.15) is 82.4 Å². The van der Waals surface area contributed by atoms with E-state index < -0.39 is 54.3 Å². The van der Waals surface area contributed by atoms with Crippen LogP contribution in [0.2, 0.25) is 5.02 Å². The molecule has 5 aromatic carbocycles. The van der Waals surface area contributed by atoms with Gasteiger partial charge >= 0.3 is 11.4 Å². The summed E-state index contributed by atoms with van der Waals surface area (Å²) in [4.78, 5) is 103. The second-order valence-electron chi connectivity index (χ2n) is 34.7. The fourth-order valence-corrected chi connectivity index (χ4v) is 19.3. The van der Waals surface area contributed by atoms with Crippen molar-refractivity contribution >= 4 is 130 Å². The van der Waals surface area contributed by atoms with Crippen LogP contribution in [0.5, 0.6) is 5.75 Å². The number of morpholine rings is 1. The molecule has 0 radical (unpaired) electrons. The van der Waals surface area contributed by atoms with Crippen molar-refractivity contribution in [1.29, 1.82) is 0 Å². The number of aromatic nitrogens is 20. The third kappa shape index (κ3) is 15.4. The van der Waals surface area contributed by atoms with Gasteiger partial charge in [-0.1, -0.05) is 49.9 Å². The normalized spacial score (nSPS) is 19.7. The number of ether oxygens (including phenoxy) is 4. The Labute approximate surface area is 757 Å². The van der Waals surface area contributed by atoms with Crippen molar-refractivity contribution in [3.63, 3.8) is 0 Å². The molecule has 25 rings (SSSR count). The highest BCUT2D eigenvalue weighted by atomic mass is 35.5. The largest absolute Gasteiger partial charge is 0.490 e. The standard InChI is InChI=1S/C24H19F2N7O3.C23H24N8O2.C22H22F3N7O.C21H22ClN7O2/c25-12-4-5-16-18(8-12)32(11-27-16)23-29-21(31-9-13(34)10-31)19-22(30-23)33(24(35)28-19)17-6-7-36-20-14(17)2-1-3-15(20)26;1-15-26-20-21(29-7-11-33-12-8-29)27-23(28-22(20)31(15)17-5-9-32-10-6-17)30-14-25-18-4-3-16(24-2)13-19(18)30;1-12-2-5-14(6-3-12)32-19-17(27-21(32)33)18(30-9-22(24,25)10-30)28-20(29-19)31-11-26-15-7-4-13(23)8-16(15)31;1-12-24-18-19(27-9-15(30)10-27)25-21(26-20(18)29(12)14-4-6-31-7-5-14)28-11-23-16-3-2-13(22)8-17(16)28/h1-5,8,11,13,17,34H,6-7,9-10H2,(H,28,35);3-4,13-14,17,26H,1,5-12H2;4,7-8,11-12,14H,2-3,5-6,9-10H2,1H3,(H,27,33);2-3,8,11,14-15,24,30H,1,4-7,9-10H2/t17-;;;/m1.../s1. The van der Waals surface area contributed by atoms with Crippen molar-refractivity contribution in [2.75, 3.05) is 139 Å². The van der Waals surface area contributed by atoms with Gasteiger partial charge in [-0.2, -0.15) is 39.9 Å². The summed E-state index contributed by atoms with van der Waals surface area (Å²) in [6, 6.07) is 24.0. The third-order valence-corrected chi connectivity index (χ3v) is 26.2. The van der Waals surface area contributed by atoms with E-state index in [1.54, 1.807) is 52.1 Å². The minimum atomic E-state index is -2.81.